The van der Waals surface area contributed by atoms with Crippen molar-refractivity contribution in [1.29, 1.82) is 0 Å². The third-order valence-corrected chi connectivity index (χ3v) is 5.34. The summed E-state index contributed by atoms with van der Waals surface area (Å²) in [5.74, 6) is 2.30. The second kappa shape index (κ2) is 11.7. The Labute approximate surface area is 199 Å². The molecule has 0 atom stereocenters. The van der Waals surface area contributed by atoms with E-state index in [4.69, 9.17) is 14.2 Å². The summed E-state index contributed by atoms with van der Waals surface area (Å²) < 4.78 is 17.0. The first kappa shape index (κ1) is 23.1. The van der Waals surface area contributed by atoms with Crippen molar-refractivity contribution < 1.29 is 19.0 Å². The number of rotatable bonds is 11. The Morgan fingerprint density at radius 3 is 2.21 bits per heavy atom. The van der Waals surface area contributed by atoms with E-state index < -0.39 is 0 Å². The number of amides is 1. The van der Waals surface area contributed by atoms with Gasteiger partial charge < -0.3 is 19.5 Å². The van der Waals surface area contributed by atoms with Crippen molar-refractivity contribution >= 4 is 16.7 Å². The fourth-order valence-electron chi connectivity index (χ4n) is 3.52. The zero-order valence-electron chi connectivity index (χ0n) is 19.2. The standard InChI is InChI=1S/C28H28N2O4/c1-32-24-12-10-23-19-26(13-11-22(23)18-24)34-16-5-4-15-33-25-8-6-7-21(17-25)20-30-28(31)27-9-2-3-14-29-27/h2-3,6-14,17-19H,4-5,15-16,20H2,1H3,(H,30,31). The molecule has 0 saturated heterocycles. The summed E-state index contributed by atoms with van der Waals surface area (Å²) >= 11 is 0. The number of hydrogen-bond donors (Lipinski definition) is 1. The molecule has 0 bridgehead atoms. The predicted octanol–water partition coefficient (Wildman–Crippen LogP) is 5.41. The molecule has 34 heavy (non-hydrogen) atoms. The van der Waals surface area contributed by atoms with Crippen LogP contribution in [0.1, 0.15) is 28.9 Å². The van der Waals surface area contributed by atoms with Gasteiger partial charge in [-0.2, -0.15) is 0 Å². The molecule has 4 aromatic rings. The maximum absolute atomic E-state index is 12.1. The van der Waals surface area contributed by atoms with Gasteiger partial charge in [-0.05, 0) is 77.7 Å². The molecule has 174 valence electrons. The van der Waals surface area contributed by atoms with Crippen molar-refractivity contribution in [1.82, 2.24) is 10.3 Å². The molecule has 3 aromatic carbocycles. The van der Waals surface area contributed by atoms with Crippen molar-refractivity contribution in [2.75, 3.05) is 20.3 Å². The van der Waals surface area contributed by atoms with Gasteiger partial charge in [0.25, 0.3) is 5.91 Å². The van der Waals surface area contributed by atoms with Crippen LogP contribution in [0.15, 0.2) is 85.1 Å². The van der Waals surface area contributed by atoms with Gasteiger partial charge in [-0.1, -0.05) is 30.3 Å². The van der Waals surface area contributed by atoms with Crippen molar-refractivity contribution in [2.24, 2.45) is 0 Å². The van der Waals surface area contributed by atoms with E-state index in [1.165, 1.54) is 0 Å². The Balaban J connectivity index is 1.16. The highest BCUT2D eigenvalue weighted by Crippen LogP contribution is 2.25. The summed E-state index contributed by atoms with van der Waals surface area (Å²) in [4.78, 5) is 16.2. The zero-order chi connectivity index (χ0) is 23.6. The highest BCUT2D eigenvalue weighted by atomic mass is 16.5. The number of hydrogen-bond acceptors (Lipinski definition) is 5. The number of pyridine rings is 1. The maximum Gasteiger partial charge on any atom is 0.270 e. The van der Waals surface area contributed by atoms with Gasteiger partial charge in [0.1, 0.15) is 22.9 Å². The molecule has 0 aliphatic heterocycles. The predicted molar refractivity (Wildman–Crippen MR) is 133 cm³/mol. The molecule has 0 fully saturated rings. The Kier molecular flexibility index (Phi) is 7.95. The average molecular weight is 457 g/mol. The summed E-state index contributed by atoms with van der Waals surface area (Å²) in [7, 11) is 1.67. The van der Waals surface area contributed by atoms with Crippen molar-refractivity contribution in [3.05, 3.63) is 96.3 Å². The number of benzene rings is 3. The summed E-state index contributed by atoms with van der Waals surface area (Å²) in [6.45, 7) is 1.65. The van der Waals surface area contributed by atoms with Gasteiger partial charge in [-0.25, -0.2) is 0 Å². The van der Waals surface area contributed by atoms with E-state index in [9.17, 15) is 4.79 Å². The van der Waals surface area contributed by atoms with Crippen molar-refractivity contribution in [3.63, 3.8) is 0 Å². The van der Waals surface area contributed by atoms with Gasteiger partial charge in [-0.3, -0.25) is 9.78 Å². The minimum atomic E-state index is -0.196. The topological polar surface area (TPSA) is 69.7 Å². The number of ether oxygens (including phenoxy) is 3. The highest BCUT2D eigenvalue weighted by molar-refractivity contribution is 5.92. The van der Waals surface area contributed by atoms with E-state index in [1.54, 1.807) is 31.5 Å². The van der Waals surface area contributed by atoms with Crippen LogP contribution in [0.4, 0.5) is 0 Å². The third kappa shape index (κ3) is 6.48. The van der Waals surface area contributed by atoms with E-state index in [2.05, 4.69) is 10.3 Å². The quantitative estimate of drug-likeness (QED) is 0.306. The maximum atomic E-state index is 12.1. The third-order valence-electron chi connectivity index (χ3n) is 5.34. The summed E-state index contributed by atoms with van der Waals surface area (Å²) in [6.07, 6.45) is 3.37. The van der Waals surface area contributed by atoms with Crippen LogP contribution >= 0.6 is 0 Å². The number of carbonyl (C=O) groups excluding carboxylic acids is 1. The fraction of sp³-hybridized carbons (Fsp3) is 0.214. The van der Waals surface area contributed by atoms with Gasteiger partial charge in [0.05, 0.1) is 20.3 Å². The second-order valence-electron chi connectivity index (χ2n) is 7.82. The Morgan fingerprint density at radius 2 is 1.50 bits per heavy atom. The van der Waals surface area contributed by atoms with E-state index in [1.807, 2.05) is 60.7 Å². The van der Waals surface area contributed by atoms with Crippen LogP contribution < -0.4 is 19.5 Å². The van der Waals surface area contributed by atoms with Crippen LogP contribution in [0.3, 0.4) is 0 Å². The van der Waals surface area contributed by atoms with Gasteiger partial charge >= 0.3 is 0 Å². The van der Waals surface area contributed by atoms with Gasteiger partial charge in [0.2, 0.25) is 0 Å². The lowest BCUT2D eigenvalue weighted by atomic mass is 10.1. The van der Waals surface area contributed by atoms with Crippen molar-refractivity contribution in [2.45, 2.75) is 19.4 Å². The lowest BCUT2D eigenvalue weighted by Gasteiger charge is -2.10. The second-order valence-corrected chi connectivity index (χ2v) is 7.82. The number of unbranched alkanes of at least 4 members (excludes halogenated alkanes) is 1. The Morgan fingerprint density at radius 1 is 0.794 bits per heavy atom. The Bertz CT molecular complexity index is 1230. The SMILES string of the molecule is COc1ccc2cc(OCCCCOc3cccc(CNC(=O)c4ccccn4)c3)ccc2c1. The molecule has 0 aliphatic carbocycles. The molecular weight excluding hydrogens is 428 g/mol. The average Bonchev–Trinajstić information content (AvgIpc) is 2.89. The van der Waals surface area contributed by atoms with Crippen LogP contribution in [-0.2, 0) is 6.54 Å². The number of nitrogens with zero attached hydrogens (tertiary/aromatic N) is 1. The molecule has 1 aromatic heterocycles. The molecule has 0 aliphatic rings. The fourth-order valence-corrected chi connectivity index (χ4v) is 3.52. The summed E-state index contributed by atoms with van der Waals surface area (Å²) in [5.41, 5.74) is 1.38. The first-order chi connectivity index (χ1) is 16.7. The minimum absolute atomic E-state index is 0.196. The molecule has 4 rings (SSSR count). The molecule has 1 amide bonds. The lowest BCUT2D eigenvalue weighted by Crippen LogP contribution is -2.23. The van der Waals surface area contributed by atoms with Crippen LogP contribution in [0.2, 0.25) is 0 Å². The van der Waals surface area contributed by atoms with E-state index in [0.29, 0.717) is 25.5 Å². The van der Waals surface area contributed by atoms with Crippen LogP contribution in [0.25, 0.3) is 10.8 Å². The molecule has 1 heterocycles. The van der Waals surface area contributed by atoms with E-state index in [-0.39, 0.29) is 5.91 Å². The molecular formula is C28H28N2O4. The van der Waals surface area contributed by atoms with Crippen LogP contribution in [0, 0.1) is 0 Å². The molecule has 0 unspecified atom stereocenters. The largest absolute Gasteiger partial charge is 0.497 e. The number of aromatic nitrogens is 1. The normalized spacial score (nSPS) is 10.6. The molecule has 0 radical (unpaired) electrons. The summed E-state index contributed by atoms with van der Waals surface area (Å²) in [5, 5.41) is 5.13. The van der Waals surface area contributed by atoms with E-state index >= 15 is 0 Å². The lowest BCUT2D eigenvalue weighted by molar-refractivity contribution is 0.0946. The zero-order valence-corrected chi connectivity index (χ0v) is 19.2. The van der Waals surface area contributed by atoms with Gasteiger partial charge in [0, 0.05) is 12.7 Å². The van der Waals surface area contributed by atoms with Gasteiger partial charge in [-0.15, -0.1) is 0 Å². The molecule has 0 saturated carbocycles. The van der Waals surface area contributed by atoms with Gasteiger partial charge in [0.15, 0.2) is 0 Å². The molecule has 1 N–H and O–H groups in total. The van der Waals surface area contributed by atoms with E-state index in [0.717, 1.165) is 46.4 Å². The minimum Gasteiger partial charge on any atom is -0.497 e. The van der Waals surface area contributed by atoms with Crippen molar-refractivity contribution in [3.8, 4) is 17.2 Å². The highest BCUT2D eigenvalue weighted by Gasteiger charge is 2.06. The number of nitrogens with one attached hydrogen (secondary N) is 1. The number of fused-ring (bicyclic) bond motifs is 1. The molecule has 0 spiro atoms. The number of methoxy groups -OCH3 is 1. The smallest absolute Gasteiger partial charge is 0.270 e. The summed E-state index contributed by atoms with van der Waals surface area (Å²) in [6, 6.07) is 25.1. The Hall–Kier alpha value is -4.06. The first-order valence-electron chi connectivity index (χ1n) is 11.3. The van der Waals surface area contributed by atoms with Crippen LogP contribution in [0.5, 0.6) is 17.2 Å². The molecule has 6 nitrogen and oxygen atoms in total. The van der Waals surface area contributed by atoms with Crippen LogP contribution in [-0.4, -0.2) is 31.2 Å². The monoisotopic (exact) mass is 456 g/mol. The first-order valence-corrected chi connectivity index (χ1v) is 11.3. The molecule has 6 heteroatoms. The number of carbonyl (C=O) groups is 1.